The summed E-state index contributed by atoms with van der Waals surface area (Å²) in [5.74, 6) is 0.798. The Morgan fingerprint density at radius 1 is 1.45 bits per heavy atom. The molecule has 20 heavy (non-hydrogen) atoms. The van der Waals surface area contributed by atoms with Gasteiger partial charge in [0.15, 0.2) is 0 Å². The molecule has 0 amide bonds. The van der Waals surface area contributed by atoms with E-state index in [1.165, 1.54) is 0 Å². The first kappa shape index (κ1) is 17.0. The van der Waals surface area contributed by atoms with Gasteiger partial charge in [-0.2, -0.15) is 0 Å². The van der Waals surface area contributed by atoms with E-state index in [1.807, 2.05) is 32.0 Å². The SMILES string of the molecule is CCOC(=O)CC(C)CC(N)c1ccc(OC)cc1Br. The summed E-state index contributed by atoms with van der Waals surface area (Å²) in [5, 5.41) is 0. The number of carbonyl (C=O) groups excluding carboxylic acids is 1. The first-order valence-electron chi connectivity index (χ1n) is 6.72. The molecule has 1 rings (SSSR count). The van der Waals surface area contributed by atoms with Crippen LogP contribution in [-0.2, 0) is 9.53 Å². The standard InChI is InChI=1S/C15H22BrNO3/c1-4-20-15(18)8-10(2)7-14(17)12-6-5-11(19-3)9-13(12)16/h5-6,9-10,14H,4,7-8,17H2,1-3H3. The molecule has 112 valence electrons. The van der Waals surface area contributed by atoms with Gasteiger partial charge in [0.25, 0.3) is 0 Å². The summed E-state index contributed by atoms with van der Waals surface area (Å²) in [6, 6.07) is 5.60. The summed E-state index contributed by atoms with van der Waals surface area (Å²) in [6.45, 7) is 4.23. The minimum atomic E-state index is -0.166. The summed E-state index contributed by atoms with van der Waals surface area (Å²) in [5.41, 5.74) is 7.23. The largest absolute Gasteiger partial charge is 0.497 e. The van der Waals surface area contributed by atoms with E-state index in [2.05, 4.69) is 15.9 Å². The molecule has 0 saturated heterocycles. The minimum Gasteiger partial charge on any atom is -0.497 e. The van der Waals surface area contributed by atoms with Gasteiger partial charge in [0.05, 0.1) is 13.7 Å². The molecular formula is C15H22BrNO3. The van der Waals surface area contributed by atoms with Gasteiger partial charge in [-0.05, 0) is 37.0 Å². The number of rotatable bonds is 7. The van der Waals surface area contributed by atoms with E-state index >= 15 is 0 Å². The highest BCUT2D eigenvalue weighted by molar-refractivity contribution is 9.10. The lowest BCUT2D eigenvalue weighted by Gasteiger charge is -2.18. The maximum Gasteiger partial charge on any atom is 0.306 e. The van der Waals surface area contributed by atoms with E-state index < -0.39 is 0 Å². The number of methoxy groups -OCH3 is 1. The molecule has 0 heterocycles. The number of hydrogen-bond acceptors (Lipinski definition) is 4. The van der Waals surface area contributed by atoms with E-state index in [0.717, 1.165) is 22.2 Å². The zero-order valence-corrected chi connectivity index (χ0v) is 13.8. The normalized spacial score (nSPS) is 13.7. The number of carbonyl (C=O) groups is 1. The van der Waals surface area contributed by atoms with Crippen molar-refractivity contribution in [3.63, 3.8) is 0 Å². The Bertz CT molecular complexity index is 451. The van der Waals surface area contributed by atoms with Crippen LogP contribution in [0.5, 0.6) is 5.75 Å². The van der Waals surface area contributed by atoms with Crippen molar-refractivity contribution in [3.05, 3.63) is 28.2 Å². The van der Waals surface area contributed by atoms with Crippen LogP contribution in [0.25, 0.3) is 0 Å². The first-order chi connectivity index (χ1) is 9.47. The summed E-state index contributed by atoms with van der Waals surface area (Å²) in [4.78, 5) is 11.4. The van der Waals surface area contributed by atoms with Crippen molar-refractivity contribution in [1.29, 1.82) is 0 Å². The molecule has 4 nitrogen and oxygen atoms in total. The van der Waals surface area contributed by atoms with Gasteiger partial charge in [0.1, 0.15) is 5.75 Å². The predicted molar refractivity (Wildman–Crippen MR) is 82.7 cm³/mol. The van der Waals surface area contributed by atoms with Crippen LogP contribution >= 0.6 is 15.9 Å². The van der Waals surface area contributed by atoms with Gasteiger partial charge < -0.3 is 15.2 Å². The Balaban J connectivity index is 2.61. The van der Waals surface area contributed by atoms with Crippen LogP contribution < -0.4 is 10.5 Å². The Morgan fingerprint density at radius 3 is 2.70 bits per heavy atom. The minimum absolute atomic E-state index is 0.125. The number of benzene rings is 1. The predicted octanol–water partition coefficient (Wildman–Crippen LogP) is 3.44. The fourth-order valence-corrected chi connectivity index (χ4v) is 2.74. The highest BCUT2D eigenvalue weighted by atomic mass is 79.9. The molecule has 1 aromatic carbocycles. The van der Waals surface area contributed by atoms with Gasteiger partial charge in [0, 0.05) is 16.9 Å². The first-order valence-corrected chi connectivity index (χ1v) is 7.51. The van der Waals surface area contributed by atoms with E-state index in [-0.39, 0.29) is 17.9 Å². The lowest BCUT2D eigenvalue weighted by Crippen LogP contribution is -2.17. The van der Waals surface area contributed by atoms with Crippen LogP contribution in [0, 0.1) is 5.92 Å². The Kier molecular flexibility index (Phi) is 7.02. The van der Waals surface area contributed by atoms with Gasteiger partial charge in [0.2, 0.25) is 0 Å². The summed E-state index contributed by atoms with van der Waals surface area (Å²) in [7, 11) is 1.63. The average molecular weight is 344 g/mol. The van der Waals surface area contributed by atoms with Crippen LogP contribution in [0.4, 0.5) is 0 Å². The lowest BCUT2D eigenvalue weighted by atomic mass is 9.94. The average Bonchev–Trinajstić information content (AvgIpc) is 2.38. The van der Waals surface area contributed by atoms with Crippen molar-refractivity contribution in [2.24, 2.45) is 11.7 Å². The number of ether oxygens (including phenoxy) is 2. The molecule has 0 fully saturated rings. The molecule has 2 unspecified atom stereocenters. The van der Waals surface area contributed by atoms with E-state index in [0.29, 0.717) is 13.0 Å². The fourth-order valence-electron chi connectivity index (χ4n) is 2.08. The number of hydrogen-bond donors (Lipinski definition) is 1. The third kappa shape index (κ3) is 5.13. The van der Waals surface area contributed by atoms with E-state index in [4.69, 9.17) is 15.2 Å². The second-order valence-electron chi connectivity index (χ2n) is 4.84. The number of nitrogens with two attached hydrogens (primary N) is 1. The molecule has 0 aliphatic rings. The van der Waals surface area contributed by atoms with Crippen molar-refractivity contribution < 1.29 is 14.3 Å². The van der Waals surface area contributed by atoms with Crippen LogP contribution in [0.3, 0.4) is 0 Å². The molecule has 2 atom stereocenters. The molecule has 5 heteroatoms. The summed E-state index contributed by atoms with van der Waals surface area (Å²) >= 11 is 3.50. The summed E-state index contributed by atoms with van der Waals surface area (Å²) in [6.07, 6.45) is 1.12. The summed E-state index contributed by atoms with van der Waals surface area (Å²) < 4.78 is 11.0. The zero-order chi connectivity index (χ0) is 15.1. The smallest absolute Gasteiger partial charge is 0.306 e. The van der Waals surface area contributed by atoms with Gasteiger partial charge in [-0.15, -0.1) is 0 Å². The molecule has 1 aromatic rings. The molecule has 0 radical (unpaired) electrons. The Hall–Kier alpha value is -1.07. The monoisotopic (exact) mass is 343 g/mol. The number of esters is 1. The zero-order valence-electron chi connectivity index (χ0n) is 12.2. The van der Waals surface area contributed by atoms with Gasteiger partial charge in [-0.1, -0.05) is 28.9 Å². The van der Waals surface area contributed by atoms with Crippen LogP contribution in [0.15, 0.2) is 22.7 Å². The van der Waals surface area contributed by atoms with Crippen LogP contribution in [0.2, 0.25) is 0 Å². The second kappa shape index (κ2) is 8.27. The third-order valence-corrected chi connectivity index (χ3v) is 3.77. The molecule has 0 aromatic heterocycles. The second-order valence-corrected chi connectivity index (χ2v) is 5.70. The molecule has 0 saturated carbocycles. The van der Waals surface area contributed by atoms with Gasteiger partial charge in [-0.3, -0.25) is 4.79 Å². The molecular weight excluding hydrogens is 322 g/mol. The third-order valence-electron chi connectivity index (χ3n) is 3.08. The highest BCUT2D eigenvalue weighted by Gasteiger charge is 2.17. The highest BCUT2D eigenvalue weighted by Crippen LogP contribution is 2.30. The molecule has 0 spiro atoms. The molecule has 2 N–H and O–H groups in total. The van der Waals surface area contributed by atoms with Crippen molar-refractivity contribution in [1.82, 2.24) is 0 Å². The Labute approximate surface area is 128 Å². The fraction of sp³-hybridized carbons (Fsp3) is 0.533. The number of halogens is 1. The topological polar surface area (TPSA) is 61.5 Å². The maximum absolute atomic E-state index is 11.4. The quantitative estimate of drug-likeness (QED) is 0.770. The Morgan fingerprint density at radius 2 is 2.15 bits per heavy atom. The molecule has 0 bridgehead atoms. The maximum atomic E-state index is 11.4. The van der Waals surface area contributed by atoms with Gasteiger partial charge in [-0.25, -0.2) is 0 Å². The van der Waals surface area contributed by atoms with Crippen LogP contribution in [0.1, 0.15) is 38.3 Å². The molecule has 0 aliphatic carbocycles. The van der Waals surface area contributed by atoms with Gasteiger partial charge >= 0.3 is 5.97 Å². The van der Waals surface area contributed by atoms with E-state index in [1.54, 1.807) is 7.11 Å². The lowest BCUT2D eigenvalue weighted by molar-refractivity contribution is -0.144. The van der Waals surface area contributed by atoms with Crippen molar-refractivity contribution >= 4 is 21.9 Å². The van der Waals surface area contributed by atoms with Crippen molar-refractivity contribution in [2.75, 3.05) is 13.7 Å². The van der Waals surface area contributed by atoms with Crippen molar-refractivity contribution in [2.45, 2.75) is 32.7 Å². The van der Waals surface area contributed by atoms with E-state index in [9.17, 15) is 4.79 Å². The van der Waals surface area contributed by atoms with Crippen LogP contribution in [-0.4, -0.2) is 19.7 Å². The van der Waals surface area contributed by atoms with Crippen molar-refractivity contribution in [3.8, 4) is 5.75 Å². The molecule has 0 aliphatic heterocycles.